The quantitative estimate of drug-likeness (QED) is 0.865. The van der Waals surface area contributed by atoms with Crippen LogP contribution in [0.15, 0.2) is 24.3 Å². The number of benzene rings is 1. The molecular formula is C16H24N2O3S. The number of nitrogens with one attached hydrogen (secondary N) is 1. The molecule has 0 spiro atoms. The van der Waals surface area contributed by atoms with Crippen molar-refractivity contribution in [3.63, 3.8) is 0 Å². The Hall–Kier alpha value is -1.56. The molecule has 1 aliphatic heterocycles. The van der Waals surface area contributed by atoms with E-state index in [0.717, 1.165) is 12.1 Å². The molecule has 1 aromatic rings. The van der Waals surface area contributed by atoms with Gasteiger partial charge >= 0.3 is 0 Å². The Kier molecular flexibility index (Phi) is 5.45. The summed E-state index contributed by atoms with van der Waals surface area (Å²) in [7, 11) is -2.97. The molecule has 2 rings (SSSR count). The maximum absolute atomic E-state index is 12.3. The first-order valence-electron chi connectivity index (χ1n) is 7.78. The lowest BCUT2D eigenvalue weighted by atomic mass is 10.1. The van der Waals surface area contributed by atoms with Crippen molar-refractivity contribution in [2.45, 2.75) is 32.7 Å². The van der Waals surface area contributed by atoms with Crippen molar-refractivity contribution in [3.05, 3.63) is 29.8 Å². The van der Waals surface area contributed by atoms with Crippen LogP contribution in [0, 0.1) is 0 Å². The van der Waals surface area contributed by atoms with E-state index in [1.54, 1.807) is 4.90 Å². The standard InChI is InChI=1S/C16H24N2O3S/c1-3-13-5-7-14(8-6-13)17-11-16(19)18(4-2)15-9-10-22(20,21)12-15/h5-8,15,17H,3-4,9-12H2,1-2H3. The van der Waals surface area contributed by atoms with Crippen LogP contribution >= 0.6 is 0 Å². The van der Waals surface area contributed by atoms with Crippen molar-refractivity contribution in [2.24, 2.45) is 0 Å². The molecule has 1 aromatic carbocycles. The fraction of sp³-hybridized carbons (Fsp3) is 0.562. The third-order valence-corrected chi connectivity index (χ3v) is 5.87. The molecule has 1 N–H and O–H groups in total. The van der Waals surface area contributed by atoms with Gasteiger partial charge in [-0.1, -0.05) is 19.1 Å². The van der Waals surface area contributed by atoms with E-state index in [1.165, 1.54) is 5.56 Å². The average molecular weight is 324 g/mol. The lowest BCUT2D eigenvalue weighted by molar-refractivity contribution is -0.130. The molecular weight excluding hydrogens is 300 g/mol. The predicted octanol–water partition coefficient (Wildman–Crippen LogP) is 1.70. The van der Waals surface area contributed by atoms with Gasteiger partial charge in [-0.05, 0) is 37.5 Å². The molecule has 1 aliphatic rings. The van der Waals surface area contributed by atoms with Gasteiger partial charge in [-0.2, -0.15) is 0 Å². The Bertz CT molecular complexity index is 611. The minimum absolute atomic E-state index is 0.0517. The molecule has 5 nitrogen and oxygen atoms in total. The number of hydrogen-bond acceptors (Lipinski definition) is 4. The molecule has 1 unspecified atom stereocenters. The zero-order chi connectivity index (χ0) is 16.2. The van der Waals surface area contributed by atoms with E-state index in [9.17, 15) is 13.2 Å². The number of nitrogens with zero attached hydrogens (tertiary/aromatic N) is 1. The summed E-state index contributed by atoms with van der Waals surface area (Å²) in [5, 5.41) is 3.11. The number of rotatable bonds is 6. The van der Waals surface area contributed by atoms with Crippen LogP contribution in [0.3, 0.4) is 0 Å². The van der Waals surface area contributed by atoms with Gasteiger partial charge in [-0.15, -0.1) is 0 Å². The molecule has 0 saturated carbocycles. The van der Waals surface area contributed by atoms with Crippen molar-refractivity contribution < 1.29 is 13.2 Å². The SMILES string of the molecule is CCc1ccc(NCC(=O)N(CC)C2CCS(=O)(=O)C2)cc1. The number of aryl methyl sites for hydroxylation is 1. The fourth-order valence-electron chi connectivity index (χ4n) is 2.80. The Morgan fingerprint density at radius 3 is 2.45 bits per heavy atom. The lowest BCUT2D eigenvalue weighted by Gasteiger charge is -2.27. The molecule has 1 atom stereocenters. The molecule has 1 saturated heterocycles. The van der Waals surface area contributed by atoms with Gasteiger partial charge in [0.2, 0.25) is 5.91 Å². The number of anilines is 1. The summed E-state index contributed by atoms with van der Waals surface area (Å²) in [6.45, 7) is 4.71. The summed E-state index contributed by atoms with van der Waals surface area (Å²) in [4.78, 5) is 14.0. The average Bonchev–Trinajstić information content (AvgIpc) is 2.86. The van der Waals surface area contributed by atoms with Crippen molar-refractivity contribution in [2.75, 3.05) is 29.9 Å². The summed E-state index contributed by atoms with van der Waals surface area (Å²) >= 11 is 0. The third-order valence-electron chi connectivity index (χ3n) is 4.12. The van der Waals surface area contributed by atoms with Crippen LogP contribution in [0.1, 0.15) is 25.8 Å². The smallest absolute Gasteiger partial charge is 0.242 e. The third kappa shape index (κ3) is 4.22. The molecule has 0 aliphatic carbocycles. The minimum atomic E-state index is -2.97. The first-order valence-corrected chi connectivity index (χ1v) is 9.60. The topological polar surface area (TPSA) is 66.5 Å². The Morgan fingerprint density at radius 1 is 1.27 bits per heavy atom. The van der Waals surface area contributed by atoms with E-state index in [1.807, 2.05) is 31.2 Å². The van der Waals surface area contributed by atoms with Crippen molar-refractivity contribution in [1.29, 1.82) is 0 Å². The Balaban J connectivity index is 1.92. The van der Waals surface area contributed by atoms with E-state index in [-0.39, 0.29) is 30.0 Å². The minimum Gasteiger partial charge on any atom is -0.376 e. The number of likely N-dealkylation sites (N-methyl/N-ethyl adjacent to an activating group) is 1. The van der Waals surface area contributed by atoms with Gasteiger partial charge in [0.25, 0.3) is 0 Å². The first-order chi connectivity index (χ1) is 10.4. The van der Waals surface area contributed by atoms with Gasteiger partial charge in [0.15, 0.2) is 9.84 Å². The van der Waals surface area contributed by atoms with E-state index >= 15 is 0 Å². The monoisotopic (exact) mass is 324 g/mol. The number of carbonyl (C=O) groups excluding carboxylic acids is 1. The van der Waals surface area contributed by atoms with Gasteiger partial charge < -0.3 is 10.2 Å². The summed E-state index contributed by atoms with van der Waals surface area (Å²) in [5.41, 5.74) is 2.16. The van der Waals surface area contributed by atoms with Gasteiger partial charge in [-0.3, -0.25) is 4.79 Å². The zero-order valence-electron chi connectivity index (χ0n) is 13.2. The van der Waals surface area contributed by atoms with Gasteiger partial charge in [-0.25, -0.2) is 8.42 Å². The summed E-state index contributed by atoms with van der Waals surface area (Å²) in [6.07, 6.45) is 1.53. The fourth-order valence-corrected chi connectivity index (χ4v) is 4.53. The van der Waals surface area contributed by atoms with Crippen LogP contribution in [0.5, 0.6) is 0 Å². The molecule has 6 heteroatoms. The number of sulfone groups is 1. The van der Waals surface area contributed by atoms with E-state index in [2.05, 4.69) is 12.2 Å². The van der Waals surface area contributed by atoms with Crippen molar-refractivity contribution in [1.82, 2.24) is 4.90 Å². The van der Waals surface area contributed by atoms with Gasteiger partial charge in [0.1, 0.15) is 0 Å². The van der Waals surface area contributed by atoms with Crippen LogP contribution in [0.4, 0.5) is 5.69 Å². The molecule has 0 aromatic heterocycles. The van der Waals surface area contributed by atoms with Crippen molar-refractivity contribution >= 4 is 21.4 Å². The summed E-state index contributed by atoms with van der Waals surface area (Å²) in [5.74, 6) is 0.231. The number of hydrogen-bond donors (Lipinski definition) is 1. The van der Waals surface area contributed by atoms with Crippen LogP contribution in [-0.2, 0) is 21.1 Å². The highest BCUT2D eigenvalue weighted by molar-refractivity contribution is 7.91. The Labute approximate surface area is 132 Å². The van der Waals surface area contributed by atoms with E-state index in [0.29, 0.717) is 13.0 Å². The van der Waals surface area contributed by atoms with E-state index < -0.39 is 9.84 Å². The van der Waals surface area contributed by atoms with Crippen LogP contribution < -0.4 is 5.32 Å². The number of carbonyl (C=O) groups is 1. The van der Waals surface area contributed by atoms with E-state index in [4.69, 9.17) is 0 Å². The zero-order valence-corrected chi connectivity index (χ0v) is 14.0. The molecule has 22 heavy (non-hydrogen) atoms. The largest absolute Gasteiger partial charge is 0.376 e. The highest BCUT2D eigenvalue weighted by atomic mass is 32.2. The highest BCUT2D eigenvalue weighted by Gasteiger charge is 2.33. The molecule has 0 bridgehead atoms. The molecule has 0 radical (unpaired) electrons. The lowest BCUT2D eigenvalue weighted by Crippen LogP contribution is -2.43. The van der Waals surface area contributed by atoms with Crippen LogP contribution in [0.2, 0.25) is 0 Å². The maximum Gasteiger partial charge on any atom is 0.242 e. The highest BCUT2D eigenvalue weighted by Crippen LogP contribution is 2.18. The maximum atomic E-state index is 12.3. The normalized spacial score (nSPS) is 19.8. The second kappa shape index (κ2) is 7.13. The predicted molar refractivity (Wildman–Crippen MR) is 88.8 cm³/mol. The second-order valence-corrected chi connectivity index (χ2v) is 7.87. The van der Waals surface area contributed by atoms with Gasteiger partial charge in [0.05, 0.1) is 18.1 Å². The summed E-state index contributed by atoms with van der Waals surface area (Å²) in [6, 6.07) is 7.82. The second-order valence-electron chi connectivity index (χ2n) is 5.64. The molecule has 1 heterocycles. The van der Waals surface area contributed by atoms with Crippen molar-refractivity contribution in [3.8, 4) is 0 Å². The Morgan fingerprint density at radius 2 is 1.95 bits per heavy atom. The molecule has 1 amide bonds. The molecule has 1 fully saturated rings. The molecule has 122 valence electrons. The first kappa shape index (κ1) is 16.8. The van der Waals surface area contributed by atoms with Gasteiger partial charge in [0, 0.05) is 18.3 Å². The van der Waals surface area contributed by atoms with Crippen LogP contribution in [-0.4, -0.2) is 49.9 Å². The summed E-state index contributed by atoms with van der Waals surface area (Å²) < 4.78 is 23.1. The number of amides is 1. The van der Waals surface area contributed by atoms with Crippen LogP contribution in [0.25, 0.3) is 0 Å².